The summed E-state index contributed by atoms with van der Waals surface area (Å²) in [6.45, 7) is 0. The molecular formula is C26H19AsN4O. The number of nitriles is 1. The van der Waals surface area contributed by atoms with E-state index in [9.17, 15) is 10.1 Å². The van der Waals surface area contributed by atoms with Crippen molar-refractivity contribution in [2.24, 2.45) is 9.64 Å². The summed E-state index contributed by atoms with van der Waals surface area (Å²) in [5.74, 6) is -0.565. The third-order valence-electron chi connectivity index (χ3n) is 5.14. The minimum absolute atomic E-state index is 0.337. The quantitative estimate of drug-likeness (QED) is 0.347. The fourth-order valence-corrected chi connectivity index (χ4v) is 4.14. The summed E-state index contributed by atoms with van der Waals surface area (Å²) >= 11 is 1.26. The van der Waals surface area contributed by atoms with Crippen molar-refractivity contribution in [3.8, 4) is 39.6 Å². The van der Waals surface area contributed by atoms with E-state index in [0.717, 1.165) is 27.8 Å². The number of hydrogen-bond acceptors (Lipinski definition) is 4. The summed E-state index contributed by atoms with van der Waals surface area (Å²) in [5.41, 5.74) is 12.1. The molecule has 1 unspecified atom stereocenters. The molecule has 1 aromatic heterocycles. The Morgan fingerprint density at radius 1 is 0.938 bits per heavy atom. The van der Waals surface area contributed by atoms with Gasteiger partial charge in [-0.2, -0.15) is 5.26 Å². The number of amides is 1. The van der Waals surface area contributed by atoms with Crippen LogP contribution in [0, 0.1) is 11.3 Å². The molecule has 0 bridgehead atoms. The minimum atomic E-state index is -0.565. The molecule has 0 saturated carbocycles. The Kier molecular flexibility index (Phi) is 6.26. The van der Waals surface area contributed by atoms with Crippen LogP contribution in [0.2, 0.25) is 0 Å². The summed E-state index contributed by atoms with van der Waals surface area (Å²) in [6, 6.07) is 26.8. The number of carbonyl (C=O) groups is 1. The van der Waals surface area contributed by atoms with Gasteiger partial charge >= 0.3 is 166 Å². The van der Waals surface area contributed by atoms with E-state index in [2.05, 4.69) is 15.0 Å². The number of primary amides is 1. The number of pyridine rings is 1. The molecule has 0 aliphatic heterocycles. The maximum absolute atomic E-state index is 12.7. The van der Waals surface area contributed by atoms with Crippen molar-refractivity contribution in [2.45, 2.75) is 0 Å². The van der Waals surface area contributed by atoms with Crippen molar-refractivity contribution < 1.29 is 4.79 Å². The first kappa shape index (κ1) is 21.2. The Labute approximate surface area is 195 Å². The maximum atomic E-state index is 12.7. The number of nitrogens with two attached hydrogens (primary N) is 1. The number of rotatable bonds is 5. The Bertz CT molecular complexity index is 1390. The molecule has 0 radical (unpaired) electrons. The third kappa shape index (κ3) is 4.09. The van der Waals surface area contributed by atoms with Crippen LogP contribution in [-0.4, -0.2) is 34.2 Å². The first-order valence-electron chi connectivity index (χ1n) is 9.85. The van der Waals surface area contributed by atoms with Crippen LogP contribution in [0.15, 0.2) is 89.0 Å². The van der Waals surface area contributed by atoms with Gasteiger partial charge in [-0.3, -0.25) is 0 Å². The predicted octanol–water partition coefficient (Wildman–Crippen LogP) is 4.02. The molecule has 3 aromatic carbocycles. The molecule has 0 aliphatic rings. The normalized spacial score (nSPS) is 10.8. The van der Waals surface area contributed by atoms with Crippen molar-refractivity contribution in [1.82, 2.24) is 4.98 Å². The molecule has 5 nitrogen and oxygen atoms in total. The van der Waals surface area contributed by atoms with Crippen LogP contribution in [-0.2, 0) is 0 Å². The molecule has 0 fully saturated rings. The monoisotopic (exact) mass is 478 g/mol. The van der Waals surface area contributed by atoms with Gasteiger partial charge in [-0.1, -0.05) is 12.1 Å². The third-order valence-corrected chi connectivity index (χ3v) is 5.45. The van der Waals surface area contributed by atoms with E-state index in [4.69, 9.17) is 5.73 Å². The van der Waals surface area contributed by atoms with E-state index in [1.54, 1.807) is 24.5 Å². The average Bonchev–Trinajstić information content (AvgIpc) is 2.84. The average molecular weight is 478 g/mol. The Balaban J connectivity index is 1.98. The van der Waals surface area contributed by atoms with Crippen molar-refractivity contribution >= 4 is 29.2 Å². The summed E-state index contributed by atoms with van der Waals surface area (Å²) in [5, 5.41) is 9.60. The van der Waals surface area contributed by atoms with Crippen LogP contribution in [0.4, 0.5) is 0 Å². The standard InChI is InChI=1S/C26H19AsN4O/c27-31-16-17-6-5-8-18(14-17)25-24(26(29)32)23(12-13-30-25)22-11-4-3-10-21(22)20-9-2-1-7-19(20)15-28/h1-14,16H,27H2,(H2,29,32)/b31-16-. The molecule has 1 atom stereocenters. The molecule has 2 N–H and O–H groups in total. The van der Waals surface area contributed by atoms with Gasteiger partial charge in [0.2, 0.25) is 0 Å². The molecule has 0 saturated heterocycles. The molecule has 0 spiro atoms. The zero-order valence-corrected chi connectivity index (χ0v) is 19.5. The first-order valence-corrected chi connectivity index (χ1v) is 10.9. The second-order valence-corrected chi connectivity index (χ2v) is 7.68. The van der Waals surface area contributed by atoms with Gasteiger partial charge in [0.1, 0.15) is 0 Å². The van der Waals surface area contributed by atoms with E-state index in [-0.39, 0.29) is 0 Å². The SMILES string of the molecule is N#Cc1ccccc1-c1ccccc1-c1ccnc(-c2cccc(/C=N\[AsH2])c2)c1C(N)=O. The fraction of sp³-hybridized carbons (Fsp3) is 0. The van der Waals surface area contributed by atoms with Crippen molar-refractivity contribution in [1.29, 1.82) is 5.26 Å². The van der Waals surface area contributed by atoms with Gasteiger partial charge < -0.3 is 0 Å². The predicted molar refractivity (Wildman–Crippen MR) is 130 cm³/mol. The molecule has 32 heavy (non-hydrogen) atoms. The number of carbonyl (C=O) groups excluding carboxylic acids is 1. The zero-order valence-electron chi connectivity index (χ0n) is 17.1. The summed E-state index contributed by atoms with van der Waals surface area (Å²) in [6.07, 6.45) is 3.44. The second-order valence-electron chi connectivity index (χ2n) is 7.05. The fourth-order valence-electron chi connectivity index (χ4n) is 3.78. The number of nitrogens with zero attached hydrogens (tertiary/aromatic N) is 3. The number of hydrogen-bond donors (Lipinski definition) is 1. The molecular weight excluding hydrogens is 459 g/mol. The number of aromatic nitrogens is 1. The van der Waals surface area contributed by atoms with Gasteiger partial charge in [-0.05, 0) is 6.07 Å². The van der Waals surface area contributed by atoms with E-state index in [0.29, 0.717) is 22.4 Å². The van der Waals surface area contributed by atoms with Gasteiger partial charge in [-0.25, -0.2) is 0 Å². The number of benzene rings is 3. The van der Waals surface area contributed by atoms with Crippen molar-refractivity contribution in [2.75, 3.05) is 0 Å². The van der Waals surface area contributed by atoms with Crippen LogP contribution in [0.25, 0.3) is 33.5 Å². The van der Waals surface area contributed by atoms with Crippen LogP contribution in [0.1, 0.15) is 21.5 Å². The topological polar surface area (TPSA) is 92.1 Å². The van der Waals surface area contributed by atoms with Gasteiger partial charge in [-0.15, -0.1) is 0 Å². The van der Waals surface area contributed by atoms with Crippen LogP contribution < -0.4 is 5.73 Å². The van der Waals surface area contributed by atoms with E-state index < -0.39 is 5.91 Å². The summed E-state index contributed by atoms with van der Waals surface area (Å²) in [7, 11) is 0. The molecule has 0 aliphatic carbocycles. The molecule has 1 amide bonds. The Hall–Kier alpha value is -4.00. The second kappa shape index (κ2) is 9.43. The van der Waals surface area contributed by atoms with Gasteiger partial charge in [0, 0.05) is 0 Å². The summed E-state index contributed by atoms with van der Waals surface area (Å²) < 4.78 is 4.12. The van der Waals surface area contributed by atoms with E-state index in [1.165, 1.54) is 17.1 Å². The van der Waals surface area contributed by atoms with E-state index >= 15 is 0 Å². The Morgan fingerprint density at radius 3 is 2.31 bits per heavy atom. The van der Waals surface area contributed by atoms with Crippen molar-refractivity contribution in [3.05, 3.63) is 102 Å². The van der Waals surface area contributed by atoms with Gasteiger partial charge in [0.05, 0.1) is 6.07 Å². The molecule has 154 valence electrons. The van der Waals surface area contributed by atoms with Crippen LogP contribution in [0.5, 0.6) is 0 Å². The van der Waals surface area contributed by atoms with Crippen molar-refractivity contribution in [3.63, 3.8) is 0 Å². The van der Waals surface area contributed by atoms with Gasteiger partial charge in [0.25, 0.3) is 0 Å². The first-order chi connectivity index (χ1) is 15.6. The molecule has 4 aromatic rings. The zero-order chi connectivity index (χ0) is 22.5. The Morgan fingerprint density at radius 2 is 1.62 bits per heavy atom. The van der Waals surface area contributed by atoms with Crippen LogP contribution in [0.3, 0.4) is 0 Å². The van der Waals surface area contributed by atoms with Crippen LogP contribution >= 0.6 is 0 Å². The van der Waals surface area contributed by atoms with Gasteiger partial charge in [0.15, 0.2) is 0 Å². The van der Waals surface area contributed by atoms with E-state index in [1.807, 2.05) is 66.7 Å². The molecule has 6 heteroatoms. The molecule has 1 heterocycles. The summed E-state index contributed by atoms with van der Waals surface area (Å²) in [4.78, 5) is 17.2. The molecule has 4 rings (SSSR count).